The van der Waals surface area contributed by atoms with E-state index in [1.54, 1.807) is 0 Å². The lowest BCUT2D eigenvalue weighted by molar-refractivity contribution is 0.665. The molecule has 6 heteroatoms. The lowest BCUT2D eigenvalue weighted by Crippen LogP contribution is -1.94. The average molecular weight is 283 g/mol. The van der Waals surface area contributed by atoms with E-state index in [1.165, 1.54) is 18.4 Å². The molecule has 1 aromatic heterocycles. The molecule has 3 nitrogen and oxygen atoms in total. The maximum Gasteiger partial charge on any atom is 0.0687 e. The minimum Gasteiger partial charge on any atom is -0.399 e. The normalized spacial score (nSPS) is 13.5. The van der Waals surface area contributed by atoms with E-state index >= 15 is 0 Å². The first-order valence-electron chi connectivity index (χ1n) is 4.57. The van der Waals surface area contributed by atoms with Gasteiger partial charge in [0, 0.05) is 11.1 Å². The second-order valence-electron chi connectivity index (χ2n) is 3.64. The van der Waals surface area contributed by atoms with Gasteiger partial charge in [-0.25, -0.2) is 0 Å². The van der Waals surface area contributed by atoms with Gasteiger partial charge in [0.1, 0.15) is 0 Å². The Bertz CT molecular complexity index is 465. The number of hydrogen-bond donors (Lipinski definition) is 1. The number of hydrogen-bond acceptors (Lipinski definition) is 2. The standard InChI is InChI=1S/C10H11N3.3ClH/c11-8-1-4-10-7(5-8)6-12-13(10)9-2-3-9;;;/h1,4-6,9H,2-3,11H2;3*1H. The number of nitrogen functional groups attached to an aromatic ring is 1. The van der Waals surface area contributed by atoms with E-state index in [-0.39, 0.29) is 37.2 Å². The van der Waals surface area contributed by atoms with Crippen molar-refractivity contribution < 1.29 is 0 Å². The number of anilines is 1. The Morgan fingerprint density at radius 2 is 1.88 bits per heavy atom. The predicted octanol–water partition coefficient (Wildman–Crippen LogP) is 3.22. The van der Waals surface area contributed by atoms with Crippen LogP contribution in [0, 0.1) is 0 Å². The summed E-state index contributed by atoms with van der Waals surface area (Å²) < 4.78 is 2.11. The van der Waals surface area contributed by atoms with Gasteiger partial charge in [0.05, 0.1) is 17.8 Å². The molecule has 1 aliphatic rings. The van der Waals surface area contributed by atoms with Gasteiger partial charge in [-0.15, -0.1) is 37.2 Å². The zero-order valence-electron chi connectivity index (χ0n) is 8.50. The minimum absolute atomic E-state index is 0. The zero-order chi connectivity index (χ0) is 8.84. The summed E-state index contributed by atoms with van der Waals surface area (Å²) in [5, 5.41) is 5.50. The Balaban J connectivity index is 0.000000750. The molecule has 0 unspecified atom stereocenters. The SMILES string of the molecule is Cl.Cl.Cl.Nc1ccc2c(cnn2C2CC2)c1. The molecule has 1 saturated carbocycles. The average Bonchev–Trinajstić information content (AvgIpc) is 2.87. The van der Waals surface area contributed by atoms with Gasteiger partial charge in [0.15, 0.2) is 0 Å². The molecule has 0 amide bonds. The van der Waals surface area contributed by atoms with Crippen LogP contribution in [-0.2, 0) is 0 Å². The van der Waals surface area contributed by atoms with Crippen molar-refractivity contribution in [2.24, 2.45) is 0 Å². The summed E-state index contributed by atoms with van der Waals surface area (Å²) in [5.41, 5.74) is 7.70. The molecule has 0 radical (unpaired) electrons. The molecule has 0 aliphatic heterocycles. The highest BCUT2D eigenvalue weighted by molar-refractivity contribution is 5.86. The summed E-state index contributed by atoms with van der Waals surface area (Å²) in [6, 6.07) is 6.60. The third-order valence-electron chi connectivity index (χ3n) is 2.51. The minimum atomic E-state index is 0. The molecule has 1 fully saturated rings. The molecule has 1 heterocycles. The van der Waals surface area contributed by atoms with Gasteiger partial charge in [0.2, 0.25) is 0 Å². The van der Waals surface area contributed by atoms with Crippen LogP contribution in [0.5, 0.6) is 0 Å². The summed E-state index contributed by atoms with van der Waals surface area (Å²) in [5.74, 6) is 0. The van der Waals surface area contributed by atoms with Crippen molar-refractivity contribution in [3.63, 3.8) is 0 Å². The van der Waals surface area contributed by atoms with E-state index < -0.39 is 0 Å². The number of aromatic nitrogens is 2. The van der Waals surface area contributed by atoms with E-state index in [0.29, 0.717) is 6.04 Å². The summed E-state index contributed by atoms with van der Waals surface area (Å²) in [6.07, 6.45) is 4.42. The summed E-state index contributed by atoms with van der Waals surface area (Å²) in [7, 11) is 0. The number of halogens is 3. The van der Waals surface area contributed by atoms with E-state index in [2.05, 4.69) is 15.8 Å². The fourth-order valence-corrected chi connectivity index (χ4v) is 1.68. The molecule has 2 N–H and O–H groups in total. The van der Waals surface area contributed by atoms with Gasteiger partial charge in [0.25, 0.3) is 0 Å². The number of nitrogens with zero attached hydrogens (tertiary/aromatic N) is 2. The van der Waals surface area contributed by atoms with Crippen LogP contribution in [0.4, 0.5) is 5.69 Å². The van der Waals surface area contributed by atoms with Gasteiger partial charge in [-0.1, -0.05) is 0 Å². The molecule has 1 aliphatic carbocycles. The van der Waals surface area contributed by atoms with Crippen molar-refractivity contribution in [3.8, 4) is 0 Å². The molecular formula is C10H14Cl3N3. The molecule has 3 rings (SSSR count). The highest BCUT2D eigenvalue weighted by atomic mass is 35.5. The molecular weight excluding hydrogens is 268 g/mol. The highest BCUT2D eigenvalue weighted by Crippen LogP contribution is 2.36. The Morgan fingerprint density at radius 1 is 1.19 bits per heavy atom. The first kappa shape index (κ1) is 15.4. The van der Waals surface area contributed by atoms with Crippen LogP contribution in [-0.4, -0.2) is 9.78 Å². The smallest absolute Gasteiger partial charge is 0.0687 e. The first-order chi connectivity index (χ1) is 6.34. The first-order valence-corrected chi connectivity index (χ1v) is 4.57. The van der Waals surface area contributed by atoms with Gasteiger partial charge in [-0.2, -0.15) is 5.10 Å². The van der Waals surface area contributed by atoms with Crippen molar-refractivity contribution in [1.82, 2.24) is 9.78 Å². The Morgan fingerprint density at radius 3 is 2.50 bits per heavy atom. The summed E-state index contributed by atoms with van der Waals surface area (Å²) in [6.45, 7) is 0. The van der Waals surface area contributed by atoms with Crippen molar-refractivity contribution in [2.45, 2.75) is 18.9 Å². The maximum absolute atomic E-state index is 5.69. The zero-order valence-corrected chi connectivity index (χ0v) is 10.9. The topological polar surface area (TPSA) is 43.8 Å². The third kappa shape index (κ3) is 2.54. The van der Waals surface area contributed by atoms with Crippen LogP contribution >= 0.6 is 37.2 Å². The molecule has 0 saturated heterocycles. The number of rotatable bonds is 1. The molecule has 2 aromatic rings. The van der Waals surface area contributed by atoms with Crippen molar-refractivity contribution in [3.05, 3.63) is 24.4 Å². The van der Waals surface area contributed by atoms with Crippen LogP contribution in [0.1, 0.15) is 18.9 Å². The van der Waals surface area contributed by atoms with Gasteiger partial charge >= 0.3 is 0 Å². The Labute approximate surface area is 113 Å². The van der Waals surface area contributed by atoms with Crippen LogP contribution in [0.15, 0.2) is 24.4 Å². The van der Waals surface area contributed by atoms with Gasteiger partial charge in [-0.05, 0) is 31.0 Å². The monoisotopic (exact) mass is 281 g/mol. The Hall–Kier alpha value is -0.640. The van der Waals surface area contributed by atoms with Crippen LogP contribution in [0.2, 0.25) is 0 Å². The summed E-state index contributed by atoms with van der Waals surface area (Å²) in [4.78, 5) is 0. The lowest BCUT2D eigenvalue weighted by Gasteiger charge is -1.99. The van der Waals surface area contributed by atoms with E-state index in [0.717, 1.165) is 11.1 Å². The van der Waals surface area contributed by atoms with Crippen LogP contribution < -0.4 is 5.73 Å². The molecule has 0 bridgehead atoms. The fraction of sp³-hybridized carbons (Fsp3) is 0.300. The molecule has 1 aromatic carbocycles. The van der Waals surface area contributed by atoms with Crippen molar-refractivity contribution in [1.29, 1.82) is 0 Å². The Kier molecular flexibility index (Phi) is 5.39. The van der Waals surface area contributed by atoms with Crippen LogP contribution in [0.3, 0.4) is 0 Å². The largest absolute Gasteiger partial charge is 0.399 e. The predicted molar refractivity (Wildman–Crippen MR) is 74.2 cm³/mol. The quantitative estimate of drug-likeness (QED) is 0.816. The van der Waals surface area contributed by atoms with E-state index in [1.807, 2.05) is 18.3 Å². The molecule has 0 spiro atoms. The molecule has 0 atom stereocenters. The van der Waals surface area contributed by atoms with Crippen molar-refractivity contribution >= 4 is 53.8 Å². The number of fused-ring (bicyclic) bond motifs is 1. The second-order valence-corrected chi connectivity index (χ2v) is 3.64. The maximum atomic E-state index is 5.69. The van der Waals surface area contributed by atoms with E-state index in [9.17, 15) is 0 Å². The number of nitrogens with two attached hydrogens (primary N) is 1. The summed E-state index contributed by atoms with van der Waals surface area (Å²) >= 11 is 0. The second kappa shape index (κ2) is 5.62. The van der Waals surface area contributed by atoms with Crippen molar-refractivity contribution in [2.75, 3.05) is 5.73 Å². The molecule has 90 valence electrons. The molecule has 16 heavy (non-hydrogen) atoms. The highest BCUT2D eigenvalue weighted by Gasteiger charge is 2.25. The lowest BCUT2D eigenvalue weighted by atomic mass is 10.2. The van der Waals surface area contributed by atoms with Gasteiger partial charge in [-0.3, -0.25) is 4.68 Å². The van der Waals surface area contributed by atoms with Gasteiger partial charge < -0.3 is 5.73 Å². The van der Waals surface area contributed by atoms with Crippen LogP contribution in [0.25, 0.3) is 10.9 Å². The number of benzene rings is 1. The fourth-order valence-electron chi connectivity index (χ4n) is 1.68. The van der Waals surface area contributed by atoms with E-state index in [4.69, 9.17) is 5.73 Å². The third-order valence-corrected chi connectivity index (χ3v) is 2.51.